The number of carbonyl (C=O) groups is 1. The van der Waals surface area contributed by atoms with Crippen molar-refractivity contribution in [1.29, 1.82) is 0 Å². The molecule has 0 saturated heterocycles. The van der Waals surface area contributed by atoms with Crippen LogP contribution < -0.4 is 10.6 Å². The lowest BCUT2D eigenvalue weighted by Crippen LogP contribution is -2.46. The second-order valence-electron chi connectivity index (χ2n) is 5.76. The van der Waals surface area contributed by atoms with Gasteiger partial charge >= 0.3 is 14.8 Å². The zero-order valence-electron chi connectivity index (χ0n) is 16.5. The van der Waals surface area contributed by atoms with E-state index < -0.39 is 49.6 Å². The Morgan fingerprint density at radius 2 is 1.24 bits per heavy atom. The second kappa shape index (κ2) is 12.1. The molecule has 0 radical (unpaired) electrons. The molecule has 1 aromatic carbocycles. The van der Waals surface area contributed by atoms with Gasteiger partial charge in [0.05, 0.1) is 0 Å². The standard InChI is InChI=1S/C17H25F5N2O4Si/c1-4-26-29(27-5-2,28-6-3)10-8-7-9-23-17(25)24-16-14(21)12(19)11(18)13(20)15(16)22/h4-10H2,1-3H3,(H2,23,24,25). The molecule has 0 aliphatic heterocycles. The predicted molar refractivity (Wildman–Crippen MR) is 97.9 cm³/mol. The van der Waals surface area contributed by atoms with Crippen LogP contribution in [-0.4, -0.2) is 41.2 Å². The van der Waals surface area contributed by atoms with E-state index in [2.05, 4.69) is 5.32 Å². The Morgan fingerprint density at radius 1 is 0.793 bits per heavy atom. The number of anilines is 1. The summed E-state index contributed by atoms with van der Waals surface area (Å²) in [5.41, 5.74) is -1.41. The van der Waals surface area contributed by atoms with E-state index >= 15 is 0 Å². The summed E-state index contributed by atoms with van der Waals surface area (Å²) in [5, 5.41) is 3.94. The van der Waals surface area contributed by atoms with Crippen LogP contribution in [0.3, 0.4) is 0 Å². The van der Waals surface area contributed by atoms with Crippen molar-refractivity contribution in [3.63, 3.8) is 0 Å². The predicted octanol–water partition coefficient (Wildman–Crippen LogP) is 4.33. The van der Waals surface area contributed by atoms with Crippen molar-refractivity contribution in [2.45, 2.75) is 39.7 Å². The second-order valence-corrected chi connectivity index (χ2v) is 8.50. The zero-order valence-corrected chi connectivity index (χ0v) is 17.5. The third-order valence-electron chi connectivity index (χ3n) is 3.74. The van der Waals surface area contributed by atoms with Crippen LogP contribution in [-0.2, 0) is 13.3 Å². The molecule has 166 valence electrons. The van der Waals surface area contributed by atoms with Gasteiger partial charge in [-0.15, -0.1) is 0 Å². The third-order valence-corrected chi connectivity index (χ3v) is 6.89. The number of urea groups is 1. The summed E-state index contributed by atoms with van der Waals surface area (Å²) in [6.45, 7) is 6.84. The summed E-state index contributed by atoms with van der Waals surface area (Å²) < 4.78 is 83.4. The van der Waals surface area contributed by atoms with Crippen LogP contribution in [0.15, 0.2) is 0 Å². The molecule has 0 aliphatic rings. The number of unbranched alkanes of at least 4 members (excludes halogenated alkanes) is 1. The fraction of sp³-hybridized carbons (Fsp3) is 0.588. The van der Waals surface area contributed by atoms with E-state index in [1.165, 1.54) is 0 Å². The van der Waals surface area contributed by atoms with Gasteiger partial charge in [0, 0.05) is 32.4 Å². The van der Waals surface area contributed by atoms with Crippen molar-refractivity contribution in [2.75, 3.05) is 31.7 Å². The van der Waals surface area contributed by atoms with Crippen molar-refractivity contribution in [2.24, 2.45) is 0 Å². The van der Waals surface area contributed by atoms with Gasteiger partial charge in [0.1, 0.15) is 5.69 Å². The monoisotopic (exact) mass is 444 g/mol. The van der Waals surface area contributed by atoms with Gasteiger partial charge in [-0.2, -0.15) is 0 Å². The van der Waals surface area contributed by atoms with Crippen LogP contribution in [0.25, 0.3) is 0 Å². The Hall–Kier alpha value is -1.76. The molecular formula is C17H25F5N2O4Si. The molecular weight excluding hydrogens is 419 g/mol. The van der Waals surface area contributed by atoms with Crippen LogP contribution in [0.5, 0.6) is 0 Å². The molecule has 0 fully saturated rings. The maximum atomic E-state index is 13.6. The number of rotatable bonds is 12. The van der Waals surface area contributed by atoms with Crippen LogP contribution >= 0.6 is 0 Å². The molecule has 0 spiro atoms. The lowest BCUT2D eigenvalue weighted by atomic mass is 10.2. The minimum atomic E-state index is -2.81. The van der Waals surface area contributed by atoms with E-state index in [0.717, 1.165) is 0 Å². The van der Waals surface area contributed by atoms with Gasteiger partial charge in [0.2, 0.25) is 5.82 Å². The first-order chi connectivity index (χ1) is 13.7. The fourth-order valence-corrected chi connectivity index (χ4v) is 5.23. The van der Waals surface area contributed by atoms with Crippen molar-refractivity contribution < 1.29 is 40.0 Å². The van der Waals surface area contributed by atoms with E-state index in [-0.39, 0.29) is 6.54 Å². The molecule has 6 nitrogen and oxygen atoms in total. The summed E-state index contributed by atoms with van der Waals surface area (Å²) in [4.78, 5) is 11.7. The van der Waals surface area contributed by atoms with Gasteiger partial charge in [0.15, 0.2) is 23.3 Å². The molecule has 2 amide bonds. The maximum absolute atomic E-state index is 13.6. The zero-order chi connectivity index (χ0) is 22.0. The quantitative estimate of drug-likeness (QED) is 0.166. The Kier molecular flexibility index (Phi) is 10.5. The summed E-state index contributed by atoms with van der Waals surface area (Å²) in [7, 11) is -2.81. The molecule has 0 aromatic heterocycles. The van der Waals surface area contributed by atoms with Gasteiger partial charge < -0.3 is 23.9 Å². The first-order valence-electron chi connectivity index (χ1n) is 9.21. The van der Waals surface area contributed by atoms with E-state index in [1.807, 2.05) is 20.8 Å². The smallest absolute Gasteiger partial charge is 0.374 e. The number of benzene rings is 1. The molecule has 0 unspecified atom stereocenters. The summed E-state index contributed by atoms with van der Waals surface area (Å²) in [5.74, 6) is -10.8. The molecule has 29 heavy (non-hydrogen) atoms. The SMILES string of the molecule is CCO[Si](CCCCNC(=O)Nc1c(F)c(F)c(F)c(F)c1F)(OCC)OCC. The Morgan fingerprint density at radius 3 is 1.69 bits per heavy atom. The topological polar surface area (TPSA) is 68.8 Å². The molecule has 1 aromatic rings. The molecule has 0 heterocycles. The number of amides is 2. The van der Waals surface area contributed by atoms with Gasteiger partial charge in [-0.05, 0) is 33.6 Å². The van der Waals surface area contributed by atoms with Gasteiger partial charge in [-0.25, -0.2) is 26.7 Å². The fourth-order valence-electron chi connectivity index (χ4n) is 2.54. The number of hydrogen-bond donors (Lipinski definition) is 2. The Labute approximate surface area is 167 Å². The van der Waals surface area contributed by atoms with E-state index in [0.29, 0.717) is 38.7 Å². The Balaban J connectivity index is 2.56. The maximum Gasteiger partial charge on any atom is 0.500 e. The summed E-state index contributed by atoms with van der Waals surface area (Å²) >= 11 is 0. The number of halogens is 5. The van der Waals surface area contributed by atoms with E-state index in [4.69, 9.17) is 13.3 Å². The molecule has 12 heteroatoms. The highest BCUT2D eigenvalue weighted by Crippen LogP contribution is 2.27. The van der Waals surface area contributed by atoms with Crippen LogP contribution in [0.2, 0.25) is 6.04 Å². The Bertz CT molecular complexity index is 650. The summed E-state index contributed by atoms with van der Waals surface area (Å²) in [6.07, 6.45) is 1.02. The first kappa shape index (κ1) is 25.3. The number of nitrogens with one attached hydrogen (secondary N) is 2. The van der Waals surface area contributed by atoms with Crippen molar-refractivity contribution in [3.8, 4) is 0 Å². The minimum absolute atomic E-state index is 0.0933. The van der Waals surface area contributed by atoms with Crippen molar-refractivity contribution >= 4 is 20.5 Å². The molecule has 0 bridgehead atoms. The van der Waals surface area contributed by atoms with E-state index in [1.54, 1.807) is 5.32 Å². The number of hydrogen-bond acceptors (Lipinski definition) is 4. The summed E-state index contributed by atoms with van der Waals surface area (Å²) in [6, 6.07) is -0.597. The van der Waals surface area contributed by atoms with Crippen molar-refractivity contribution in [3.05, 3.63) is 29.1 Å². The van der Waals surface area contributed by atoms with Crippen LogP contribution in [0.4, 0.5) is 32.4 Å². The molecule has 0 atom stereocenters. The molecule has 1 rings (SSSR count). The first-order valence-corrected chi connectivity index (χ1v) is 11.1. The highest BCUT2D eigenvalue weighted by molar-refractivity contribution is 6.60. The van der Waals surface area contributed by atoms with Gasteiger partial charge in [-0.3, -0.25) is 0 Å². The number of carbonyl (C=O) groups excluding carboxylic acids is 1. The van der Waals surface area contributed by atoms with Gasteiger partial charge in [-0.1, -0.05) is 0 Å². The third kappa shape index (κ3) is 6.91. The average molecular weight is 444 g/mol. The van der Waals surface area contributed by atoms with Crippen molar-refractivity contribution in [1.82, 2.24) is 5.32 Å². The normalized spacial score (nSPS) is 11.6. The molecule has 0 saturated carbocycles. The lowest BCUT2D eigenvalue weighted by molar-refractivity contribution is 0.0707. The highest BCUT2D eigenvalue weighted by Gasteiger charge is 2.39. The largest absolute Gasteiger partial charge is 0.500 e. The van der Waals surface area contributed by atoms with Gasteiger partial charge in [0.25, 0.3) is 0 Å². The van der Waals surface area contributed by atoms with Crippen LogP contribution in [0, 0.1) is 29.1 Å². The highest BCUT2D eigenvalue weighted by atomic mass is 28.4. The van der Waals surface area contributed by atoms with Crippen LogP contribution in [0.1, 0.15) is 33.6 Å². The minimum Gasteiger partial charge on any atom is -0.374 e. The molecule has 2 N–H and O–H groups in total. The molecule has 0 aliphatic carbocycles. The average Bonchev–Trinajstić information content (AvgIpc) is 2.68. The van der Waals surface area contributed by atoms with E-state index in [9.17, 15) is 26.7 Å². The lowest BCUT2D eigenvalue weighted by Gasteiger charge is -2.28.